The number of alkyl halides is 2. The van der Waals surface area contributed by atoms with E-state index in [0.29, 0.717) is 22.4 Å². The van der Waals surface area contributed by atoms with Gasteiger partial charge in [-0.25, -0.2) is 4.39 Å². The molecule has 162 valence electrons. The lowest BCUT2D eigenvalue weighted by Gasteiger charge is -2.10. The summed E-state index contributed by atoms with van der Waals surface area (Å²) in [5, 5.41) is 1.11. The van der Waals surface area contributed by atoms with Gasteiger partial charge in [0.25, 0.3) is 0 Å². The van der Waals surface area contributed by atoms with E-state index in [-0.39, 0.29) is 0 Å². The van der Waals surface area contributed by atoms with Gasteiger partial charge in [-0.2, -0.15) is 0 Å². The fraction of sp³-hybridized carbons (Fsp3) is 0.308. The molecule has 0 amide bonds. The summed E-state index contributed by atoms with van der Waals surface area (Å²) >= 11 is 13.9. The maximum absolute atomic E-state index is 12.7. The maximum Gasteiger partial charge on any atom is 0.151 e. The fourth-order valence-electron chi connectivity index (χ4n) is 2.88. The van der Waals surface area contributed by atoms with Crippen molar-refractivity contribution < 1.29 is 4.39 Å². The molecule has 2 aromatic rings. The lowest BCUT2D eigenvalue weighted by Crippen LogP contribution is -2.02. The van der Waals surface area contributed by atoms with E-state index in [4.69, 9.17) is 23.2 Å². The van der Waals surface area contributed by atoms with Crippen molar-refractivity contribution in [3.63, 3.8) is 0 Å². The highest BCUT2D eigenvalue weighted by atomic mass is 127. The van der Waals surface area contributed by atoms with Crippen molar-refractivity contribution in [2.24, 2.45) is 5.92 Å². The van der Waals surface area contributed by atoms with Crippen molar-refractivity contribution in [2.45, 2.75) is 44.2 Å². The zero-order chi connectivity index (χ0) is 22.7. The molecule has 2 rings (SSSR count). The molecule has 0 radical (unpaired) electrons. The van der Waals surface area contributed by atoms with Crippen LogP contribution in [0.5, 0.6) is 0 Å². The van der Waals surface area contributed by atoms with E-state index in [0.717, 1.165) is 35.1 Å². The van der Waals surface area contributed by atoms with Crippen molar-refractivity contribution in [2.75, 3.05) is 0 Å². The summed E-state index contributed by atoms with van der Waals surface area (Å²) in [5.41, 5.74) is 5.16. The van der Waals surface area contributed by atoms with E-state index in [1.54, 1.807) is 6.07 Å². The van der Waals surface area contributed by atoms with Crippen LogP contribution in [0.1, 0.15) is 44.7 Å². The van der Waals surface area contributed by atoms with Crippen LogP contribution in [0.2, 0.25) is 10.0 Å². The summed E-state index contributed by atoms with van der Waals surface area (Å²) in [7, 11) is 0. The van der Waals surface area contributed by atoms with Crippen LogP contribution in [0.15, 0.2) is 78.4 Å². The van der Waals surface area contributed by atoms with Gasteiger partial charge < -0.3 is 0 Å². The Hall–Kier alpha value is -1.10. The summed E-state index contributed by atoms with van der Waals surface area (Å²) in [5.74, 6) is 0.474. The van der Waals surface area contributed by atoms with Gasteiger partial charge in [0.1, 0.15) is 0 Å². The molecule has 0 heterocycles. The monoisotopic (exact) mass is 558 g/mol. The molecule has 0 bridgehead atoms. The number of benzene rings is 2. The normalized spacial score (nSPS) is 12.2. The molecule has 0 aliphatic heterocycles. The Morgan fingerprint density at radius 2 is 1.63 bits per heavy atom. The first-order valence-corrected chi connectivity index (χ1v) is 11.9. The minimum atomic E-state index is -0.696. The lowest BCUT2D eigenvalue weighted by molar-refractivity contribution is 0.373. The summed E-state index contributed by atoms with van der Waals surface area (Å²) in [6, 6.07) is 15.9. The predicted molar refractivity (Wildman–Crippen MR) is 142 cm³/mol. The molecule has 0 fully saturated rings. The number of halogens is 4. The minimum Gasteiger partial charge on any atom is -0.236 e. The minimum absolute atomic E-state index is 0.474. The van der Waals surface area contributed by atoms with Gasteiger partial charge in [-0.05, 0) is 90.5 Å². The van der Waals surface area contributed by atoms with Crippen molar-refractivity contribution in [3.05, 3.63) is 99.6 Å². The van der Waals surface area contributed by atoms with Crippen LogP contribution in [-0.2, 0) is 6.42 Å². The van der Waals surface area contributed by atoms with E-state index in [9.17, 15) is 4.39 Å². The average molecular weight is 559 g/mol. The fourth-order valence-corrected chi connectivity index (χ4v) is 4.11. The van der Waals surface area contributed by atoms with Gasteiger partial charge >= 0.3 is 0 Å². The third-order valence-corrected chi connectivity index (χ3v) is 5.89. The Labute approximate surface area is 205 Å². The van der Waals surface area contributed by atoms with Crippen LogP contribution in [0, 0.1) is 5.92 Å². The summed E-state index contributed by atoms with van der Waals surface area (Å²) < 4.78 is 12.0. The van der Waals surface area contributed by atoms with E-state index < -0.39 is 4.18 Å². The highest BCUT2D eigenvalue weighted by Crippen LogP contribution is 2.29. The third kappa shape index (κ3) is 10.3. The first-order valence-electron chi connectivity index (χ1n) is 9.91. The molecule has 4 heteroatoms. The summed E-state index contributed by atoms with van der Waals surface area (Å²) in [4.78, 5) is 0. The van der Waals surface area contributed by atoms with Gasteiger partial charge in [0.15, 0.2) is 4.18 Å². The van der Waals surface area contributed by atoms with Crippen molar-refractivity contribution >= 4 is 51.9 Å². The van der Waals surface area contributed by atoms with Crippen LogP contribution in [-0.4, -0.2) is 4.18 Å². The quantitative estimate of drug-likeness (QED) is 0.172. The van der Waals surface area contributed by atoms with E-state index in [1.807, 2.05) is 60.7 Å². The van der Waals surface area contributed by atoms with Crippen LogP contribution in [0.25, 0.3) is 6.08 Å². The first kappa shape index (κ1) is 26.9. The SMILES string of the molecule is C=C(C)C(=Cc1cccc(Cl)c1Cl)C(=C)C.CC(CCc1ccccc1)CC(F)I. The molecule has 0 nitrogen and oxygen atoms in total. The molecule has 30 heavy (non-hydrogen) atoms. The predicted octanol–water partition coefficient (Wildman–Crippen LogP) is 9.90. The maximum atomic E-state index is 12.7. The smallest absolute Gasteiger partial charge is 0.151 e. The Bertz CT molecular complexity index is 841. The van der Waals surface area contributed by atoms with Crippen LogP contribution in [0.3, 0.4) is 0 Å². The Morgan fingerprint density at radius 1 is 1.03 bits per heavy atom. The molecule has 2 aromatic carbocycles. The Balaban J connectivity index is 0.000000303. The van der Waals surface area contributed by atoms with E-state index in [2.05, 4.69) is 44.3 Å². The standard InChI is InChI=1S/C14H14Cl2.C12H16FI/c1-9(2)12(10(3)4)8-11-6-5-7-13(15)14(11)16;1-10(9-12(13)14)7-8-11-5-3-2-4-6-11/h5-8H,1,3H2,2,4H3;2-6,10,12H,7-9H2,1H3. The molecule has 0 aliphatic carbocycles. The molecule has 0 spiro atoms. The first-order chi connectivity index (χ1) is 14.1. The highest BCUT2D eigenvalue weighted by Gasteiger charge is 2.08. The zero-order valence-corrected chi connectivity index (χ0v) is 21.6. The van der Waals surface area contributed by atoms with Gasteiger partial charge in [-0.15, -0.1) is 0 Å². The zero-order valence-electron chi connectivity index (χ0n) is 17.9. The highest BCUT2D eigenvalue weighted by molar-refractivity contribution is 14.1. The van der Waals surface area contributed by atoms with Crippen molar-refractivity contribution in [1.29, 1.82) is 0 Å². The Kier molecular flexibility index (Phi) is 12.6. The van der Waals surface area contributed by atoms with Crippen molar-refractivity contribution in [1.82, 2.24) is 0 Å². The molecule has 0 N–H and O–H groups in total. The second-order valence-corrected chi connectivity index (χ2v) is 9.65. The summed E-state index contributed by atoms with van der Waals surface area (Å²) in [6.07, 6.45) is 4.77. The topological polar surface area (TPSA) is 0 Å². The molecule has 0 saturated heterocycles. The van der Waals surface area contributed by atoms with Gasteiger partial charge in [-0.1, -0.05) is 96.9 Å². The van der Waals surface area contributed by atoms with Gasteiger partial charge in [0.2, 0.25) is 0 Å². The number of rotatable bonds is 8. The van der Waals surface area contributed by atoms with Gasteiger partial charge in [0, 0.05) is 0 Å². The molecule has 0 aromatic heterocycles. The second-order valence-electron chi connectivity index (χ2n) is 7.52. The van der Waals surface area contributed by atoms with Crippen molar-refractivity contribution in [3.8, 4) is 0 Å². The van der Waals surface area contributed by atoms with Gasteiger partial charge in [0.05, 0.1) is 10.0 Å². The molecule has 2 unspecified atom stereocenters. The number of hydrogen-bond donors (Lipinski definition) is 0. The molecular weight excluding hydrogens is 529 g/mol. The van der Waals surface area contributed by atoms with E-state index in [1.165, 1.54) is 5.56 Å². The second kappa shape index (κ2) is 14.1. The lowest BCUT2D eigenvalue weighted by atomic mass is 9.99. The Morgan fingerprint density at radius 3 is 2.17 bits per heavy atom. The summed E-state index contributed by atoms with van der Waals surface area (Å²) in [6.45, 7) is 13.8. The van der Waals surface area contributed by atoms with Gasteiger partial charge in [-0.3, -0.25) is 0 Å². The third-order valence-electron chi connectivity index (χ3n) is 4.55. The molecule has 2 atom stereocenters. The molecule has 0 aliphatic rings. The largest absolute Gasteiger partial charge is 0.236 e. The van der Waals surface area contributed by atoms with Crippen LogP contribution >= 0.6 is 45.8 Å². The van der Waals surface area contributed by atoms with Crippen LogP contribution in [0.4, 0.5) is 4.39 Å². The van der Waals surface area contributed by atoms with Crippen LogP contribution < -0.4 is 0 Å². The molecule has 0 saturated carbocycles. The van der Waals surface area contributed by atoms with E-state index >= 15 is 0 Å². The number of hydrogen-bond acceptors (Lipinski definition) is 0. The average Bonchev–Trinajstić information content (AvgIpc) is 2.68. The molecular formula is C26H30Cl2FI. The number of allylic oxidation sites excluding steroid dienone is 3. The number of aryl methyl sites for hydroxylation is 1.